The average molecular weight is 109 g/mol. The van der Waals surface area contributed by atoms with Crippen molar-refractivity contribution in [2.75, 3.05) is 0 Å². The zero-order chi connectivity index (χ0) is 5.11. The molecule has 0 aromatic carbocycles. The summed E-state index contributed by atoms with van der Waals surface area (Å²) < 4.78 is 0. The fourth-order valence-electron chi connectivity index (χ4n) is 0.443. The van der Waals surface area contributed by atoms with E-state index >= 15 is 0 Å². The van der Waals surface area contributed by atoms with Gasteiger partial charge in [-0.3, -0.25) is 0 Å². The topological polar surface area (TPSA) is 0 Å². The van der Waals surface area contributed by atoms with Gasteiger partial charge >= 0.3 is 0 Å². The van der Waals surface area contributed by atoms with Crippen LogP contribution in [0.15, 0.2) is 18.2 Å². The fourth-order valence-corrected chi connectivity index (χ4v) is 0.607. The zero-order valence-electron chi connectivity index (χ0n) is 3.85. The van der Waals surface area contributed by atoms with Gasteiger partial charge in [0, 0.05) is 11.3 Å². The van der Waals surface area contributed by atoms with E-state index in [4.69, 9.17) is 12.2 Å². The van der Waals surface area contributed by atoms with Crippen LogP contribution in [0.3, 0.4) is 0 Å². The van der Waals surface area contributed by atoms with E-state index in [1.807, 2.05) is 18.2 Å². The Morgan fingerprint density at radius 1 is 1.71 bits per heavy atom. The van der Waals surface area contributed by atoms with Gasteiger partial charge < -0.3 is 0 Å². The molecule has 1 aliphatic carbocycles. The molecule has 0 amide bonds. The molecule has 1 aliphatic rings. The molecule has 1 heteroatoms. The van der Waals surface area contributed by atoms with Gasteiger partial charge in [-0.2, -0.15) is 0 Å². The van der Waals surface area contributed by atoms with Crippen LogP contribution in [0, 0.1) is 6.08 Å². The van der Waals surface area contributed by atoms with Crippen LogP contribution in [-0.2, 0) is 0 Å². The molecule has 0 aromatic heterocycles. The lowest BCUT2D eigenvalue weighted by Crippen LogP contribution is -1.88. The van der Waals surface area contributed by atoms with Crippen molar-refractivity contribution in [3.63, 3.8) is 0 Å². The smallest absolute Gasteiger partial charge is 0.0268 e. The lowest BCUT2D eigenvalue weighted by Gasteiger charge is -1.91. The monoisotopic (exact) mass is 109 g/mol. The van der Waals surface area contributed by atoms with E-state index in [9.17, 15) is 0 Å². The third kappa shape index (κ3) is 1.24. The Bertz CT molecular complexity index is 131. The first-order valence-electron chi connectivity index (χ1n) is 2.17. The lowest BCUT2D eigenvalue weighted by atomic mass is 10.2. The van der Waals surface area contributed by atoms with Crippen LogP contribution >= 0.6 is 12.2 Å². The quantitative estimate of drug-likeness (QED) is 0.426. The van der Waals surface area contributed by atoms with Crippen LogP contribution in [0.4, 0.5) is 0 Å². The first-order valence-corrected chi connectivity index (χ1v) is 2.58. The van der Waals surface area contributed by atoms with E-state index in [1.54, 1.807) is 0 Å². The normalized spacial score (nSPS) is 18.0. The van der Waals surface area contributed by atoms with Crippen molar-refractivity contribution in [3.05, 3.63) is 24.3 Å². The summed E-state index contributed by atoms with van der Waals surface area (Å²) in [6.45, 7) is 0. The Labute approximate surface area is 48.5 Å². The molecule has 0 atom stereocenters. The standard InChI is InChI=1S/C6H5S/c7-6-4-2-1-3-5-6/h1-3H,4H2. The highest BCUT2D eigenvalue weighted by molar-refractivity contribution is 7.80. The summed E-state index contributed by atoms with van der Waals surface area (Å²) in [5.74, 6) is 0. The molecule has 0 N–H and O–H groups in total. The first kappa shape index (κ1) is 4.72. The van der Waals surface area contributed by atoms with Gasteiger partial charge in [-0.25, -0.2) is 0 Å². The molecule has 0 bridgehead atoms. The van der Waals surface area contributed by atoms with Gasteiger partial charge in [0.2, 0.25) is 0 Å². The predicted octanol–water partition coefficient (Wildman–Crippen LogP) is 1.68. The van der Waals surface area contributed by atoms with E-state index in [0.29, 0.717) is 0 Å². The summed E-state index contributed by atoms with van der Waals surface area (Å²) in [5.41, 5.74) is 0. The molecule has 0 nitrogen and oxygen atoms in total. The Morgan fingerprint density at radius 3 is 2.86 bits per heavy atom. The van der Waals surface area contributed by atoms with Crippen molar-refractivity contribution in [1.82, 2.24) is 0 Å². The molecule has 0 fully saturated rings. The molecule has 0 spiro atoms. The highest BCUT2D eigenvalue weighted by Gasteiger charge is 1.88. The molecule has 0 unspecified atom stereocenters. The van der Waals surface area contributed by atoms with Gasteiger partial charge in [-0.05, 0) is 6.08 Å². The summed E-state index contributed by atoms with van der Waals surface area (Å²) in [7, 11) is 0. The second-order valence-electron chi connectivity index (χ2n) is 1.37. The summed E-state index contributed by atoms with van der Waals surface area (Å²) in [6, 6.07) is 0. The number of thiocarbonyl (C=S) groups is 1. The van der Waals surface area contributed by atoms with Crippen molar-refractivity contribution in [2.24, 2.45) is 0 Å². The minimum atomic E-state index is 0.895. The largest absolute Gasteiger partial charge is 0.0839 e. The third-order valence-electron chi connectivity index (χ3n) is 0.780. The van der Waals surface area contributed by atoms with Crippen molar-refractivity contribution in [1.29, 1.82) is 0 Å². The maximum atomic E-state index is 4.81. The van der Waals surface area contributed by atoms with Gasteiger partial charge in [0.05, 0.1) is 0 Å². The Kier molecular flexibility index (Phi) is 1.37. The highest BCUT2D eigenvalue weighted by Crippen LogP contribution is 1.96. The highest BCUT2D eigenvalue weighted by atomic mass is 32.1. The van der Waals surface area contributed by atoms with Crippen LogP contribution in [0.5, 0.6) is 0 Å². The van der Waals surface area contributed by atoms with Gasteiger partial charge in [0.15, 0.2) is 0 Å². The van der Waals surface area contributed by atoms with Gasteiger partial charge in [0.25, 0.3) is 0 Å². The van der Waals surface area contributed by atoms with E-state index in [2.05, 4.69) is 6.08 Å². The Balaban J connectivity index is 2.66. The van der Waals surface area contributed by atoms with Crippen molar-refractivity contribution < 1.29 is 0 Å². The van der Waals surface area contributed by atoms with E-state index in [-0.39, 0.29) is 0 Å². The summed E-state index contributed by atoms with van der Waals surface area (Å²) in [5, 5.41) is 0. The van der Waals surface area contributed by atoms with Crippen molar-refractivity contribution in [3.8, 4) is 0 Å². The number of hydrogen-bond donors (Lipinski definition) is 0. The number of allylic oxidation sites excluding steroid dienone is 4. The molecule has 35 valence electrons. The Morgan fingerprint density at radius 2 is 2.57 bits per heavy atom. The van der Waals surface area contributed by atoms with Gasteiger partial charge in [0.1, 0.15) is 0 Å². The van der Waals surface area contributed by atoms with Gasteiger partial charge in [-0.1, -0.05) is 30.4 Å². The molecule has 1 rings (SSSR count). The SMILES string of the molecule is S=C1[C]=CC=CC1. The molecule has 7 heavy (non-hydrogen) atoms. The fraction of sp³-hybridized carbons (Fsp3) is 0.167. The lowest BCUT2D eigenvalue weighted by molar-refractivity contribution is 1.49. The molecule has 1 radical (unpaired) electrons. The van der Waals surface area contributed by atoms with Gasteiger partial charge in [-0.15, -0.1) is 0 Å². The van der Waals surface area contributed by atoms with Crippen LogP contribution in [0.1, 0.15) is 6.42 Å². The van der Waals surface area contributed by atoms with E-state index in [0.717, 1.165) is 11.3 Å². The average Bonchev–Trinajstić information content (AvgIpc) is 1.69. The number of rotatable bonds is 0. The molecule has 0 saturated heterocycles. The molecular formula is C6H5S. The van der Waals surface area contributed by atoms with E-state index in [1.165, 1.54) is 0 Å². The van der Waals surface area contributed by atoms with E-state index < -0.39 is 0 Å². The zero-order valence-corrected chi connectivity index (χ0v) is 4.66. The minimum absolute atomic E-state index is 0.895. The first-order chi connectivity index (χ1) is 3.39. The second kappa shape index (κ2) is 2.03. The second-order valence-corrected chi connectivity index (χ2v) is 1.86. The minimum Gasteiger partial charge on any atom is -0.0839 e. The summed E-state index contributed by atoms with van der Waals surface area (Å²) >= 11 is 4.81. The van der Waals surface area contributed by atoms with Crippen molar-refractivity contribution in [2.45, 2.75) is 6.42 Å². The molecule has 0 aliphatic heterocycles. The van der Waals surface area contributed by atoms with Crippen LogP contribution < -0.4 is 0 Å². The number of hydrogen-bond acceptors (Lipinski definition) is 1. The molecule has 0 heterocycles. The molecular weight excluding hydrogens is 104 g/mol. The molecule has 0 aromatic rings. The summed E-state index contributed by atoms with van der Waals surface area (Å²) in [4.78, 5) is 0.905. The Hall–Kier alpha value is -0.430. The van der Waals surface area contributed by atoms with Crippen LogP contribution in [0.2, 0.25) is 0 Å². The van der Waals surface area contributed by atoms with Crippen LogP contribution in [0.25, 0.3) is 0 Å². The maximum absolute atomic E-state index is 4.81. The predicted molar refractivity (Wildman–Crippen MR) is 34.2 cm³/mol. The molecule has 0 saturated carbocycles. The van der Waals surface area contributed by atoms with Crippen LogP contribution in [-0.4, -0.2) is 4.86 Å². The summed E-state index contributed by atoms with van der Waals surface area (Å²) in [6.07, 6.45) is 9.62. The third-order valence-corrected chi connectivity index (χ3v) is 1.06. The maximum Gasteiger partial charge on any atom is 0.0268 e. The van der Waals surface area contributed by atoms with Crippen molar-refractivity contribution >= 4 is 17.1 Å².